The number of nitrogens with one attached hydrogen (secondary N) is 1. The normalized spacial score (nSPS) is 24.4. The van der Waals surface area contributed by atoms with Crippen molar-refractivity contribution in [3.63, 3.8) is 0 Å². The monoisotopic (exact) mass is 234 g/mol. The minimum atomic E-state index is 0.576. The van der Waals surface area contributed by atoms with E-state index in [2.05, 4.69) is 17.2 Å². The molecule has 0 radical (unpaired) electrons. The van der Waals surface area contributed by atoms with Gasteiger partial charge in [-0.1, -0.05) is 26.2 Å². The fourth-order valence-electron chi connectivity index (χ4n) is 2.68. The molecule has 2 rings (SSSR count). The number of nitrogens with zero attached hydrogens (tertiary/aromatic N) is 1. The first-order valence-corrected chi connectivity index (χ1v) is 6.59. The first-order chi connectivity index (χ1) is 8.33. The summed E-state index contributed by atoms with van der Waals surface area (Å²) in [6.07, 6.45) is 8.31. The predicted octanol–water partition coefficient (Wildman–Crippen LogP) is 3.47. The molecule has 1 heterocycles. The first kappa shape index (κ1) is 12.2. The first-order valence-electron chi connectivity index (χ1n) is 6.59. The van der Waals surface area contributed by atoms with Crippen LogP contribution in [0.5, 0.6) is 5.88 Å². The lowest BCUT2D eigenvalue weighted by Gasteiger charge is -2.30. The molecule has 3 nitrogen and oxygen atoms in total. The number of methoxy groups -OCH3 is 1. The molecular formula is C14H22N2O. The third kappa shape index (κ3) is 3.11. The Bertz CT molecular complexity index is 354. The second kappa shape index (κ2) is 5.89. The summed E-state index contributed by atoms with van der Waals surface area (Å²) in [5.41, 5.74) is 1.02. The second-order valence-corrected chi connectivity index (χ2v) is 4.84. The Kier molecular flexibility index (Phi) is 4.24. The van der Waals surface area contributed by atoms with E-state index in [-0.39, 0.29) is 0 Å². The Balaban J connectivity index is 2.00. The van der Waals surface area contributed by atoms with E-state index in [1.165, 1.54) is 32.1 Å². The molecule has 0 saturated heterocycles. The molecule has 0 aromatic carbocycles. The fraction of sp³-hybridized carbons (Fsp3) is 0.643. The lowest BCUT2D eigenvalue weighted by Crippen LogP contribution is -2.27. The summed E-state index contributed by atoms with van der Waals surface area (Å²) in [5.74, 6) is 1.58. The Morgan fingerprint density at radius 1 is 1.47 bits per heavy atom. The maximum Gasteiger partial charge on any atom is 0.237 e. The van der Waals surface area contributed by atoms with Crippen molar-refractivity contribution in [3.05, 3.63) is 18.3 Å². The van der Waals surface area contributed by atoms with Crippen LogP contribution in [0.2, 0.25) is 0 Å². The third-order valence-electron chi connectivity index (χ3n) is 3.68. The molecule has 0 amide bonds. The van der Waals surface area contributed by atoms with Crippen LogP contribution in [-0.2, 0) is 0 Å². The molecule has 2 atom stereocenters. The quantitative estimate of drug-likeness (QED) is 0.866. The fourth-order valence-corrected chi connectivity index (χ4v) is 2.68. The smallest absolute Gasteiger partial charge is 0.237 e. The molecule has 1 N–H and O–H groups in total. The van der Waals surface area contributed by atoms with E-state index in [0.717, 1.165) is 11.6 Å². The van der Waals surface area contributed by atoms with E-state index in [9.17, 15) is 0 Å². The number of pyridine rings is 1. The van der Waals surface area contributed by atoms with E-state index in [0.29, 0.717) is 11.9 Å². The van der Waals surface area contributed by atoms with Crippen molar-refractivity contribution in [2.75, 3.05) is 12.4 Å². The predicted molar refractivity (Wildman–Crippen MR) is 70.4 cm³/mol. The molecule has 1 aromatic heterocycles. The number of ether oxygens (including phenoxy) is 1. The average Bonchev–Trinajstić information content (AvgIpc) is 2.39. The maximum atomic E-state index is 5.27. The summed E-state index contributed by atoms with van der Waals surface area (Å²) in [4.78, 5) is 4.22. The summed E-state index contributed by atoms with van der Waals surface area (Å²) in [5, 5.41) is 3.58. The highest BCUT2D eigenvalue weighted by Gasteiger charge is 2.21. The molecular weight excluding hydrogens is 212 g/mol. The topological polar surface area (TPSA) is 34.2 Å². The number of anilines is 1. The Hall–Kier alpha value is -1.25. The van der Waals surface area contributed by atoms with E-state index >= 15 is 0 Å². The van der Waals surface area contributed by atoms with Crippen molar-refractivity contribution >= 4 is 5.69 Å². The lowest BCUT2D eigenvalue weighted by atomic mass is 9.84. The summed E-state index contributed by atoms with van der Waals surface area (Å²) >= 11 is 0. The third-order valence-corrected chi connectivity index (χ3v) is 3.68. The minimum absolute atomic E-state index is 0.576. The molecule has 1 saturated carbocycles. The number of hydrogen-bond donors (Lipinski definition) is 1. The van der Waals surface area contributed by atoms with Crippen LogP contribution in [-0.4, -0.2) is 18.1 Å². The van der Waals surface area contributed by atoms with Crippen molar-refractivity contribution in [3.8, 4) is 5.88 Å². The standard InChI is InChI=1S/C14H22N2O/c1-3-11-6-4-7-12(10-11)16-13-8-5-9-15-14(13)17-2/h5,8-9,11-12,16H,3-4,6-7,10H2,1-2H3. The summed E-state index contributed by atoms with van der Waals surface area (Å²) in [7, 11) is 1.67. The lowest BCUT2D eigenvalue weighted by molar-refractivity contribution is 0.326. The minimum Gasteiger partial charge on any atom is -0.480 e. The van der Waals surface area contributed by atoms with Crippen LogP contribution in [0.25, 0.3) is 0 Å². The Morgan fingerprint density at radius 3 is 3.12 bits per heavy atom. The molecule has 1 aromatic rings. The van der Waals surface area contributed by atoms with Gasteiger partial charge in [-0.3, -0.25) is 0 Å². The van der Waals surface area contributed by atoms with Gasteiger partial charge in [-0.15, -0.1) is 0 Å². The van der Waals surface area contributed by atoms with Gasteiger partial charge in [0.25, 0.3) is 0 Å². The zero-order valence-corrected chi connectivity index (χ0v) is 10.8. The van der Waals surface area contributed by atoms with Gasteiger partial charge in [-0.05, 0) is 30.9 Å². The maximum absolute atomic E-state index is 5.27. The summed E-state index contributed by atoms with van der Waals surface area (Å²) < 4.78 is 5.27. The van der Waals surface area contributed by atoms with E-state index < -0.39 is 0 Å². The van der Waals surface area contributed by atoms with Crippen LogP contribution in [0.15, 0.2) is 18.3 Å². The zero-order chi connectivity index (χ0) is 12.1. The molecule has 0 aliphatic heterocycles. The molecule has 0 bridgehead atoms. The molecule has 3 heteroatoms. The largest absolute Gasteiger partial charge is 0.480 e. The molecule has 94 valence electrons. The van der Waals surface area contributed by atoms with E-state index in [1.807, 2.05) is 12.1 Å². The van der Waals surface area contributed by atoms with E-state index in [4.69, 9.17) is 4.74 Å². The van der Waals surface area contributed by atoms with Gasteiger partial charge in [-0.2, -0.15) is 0 Å². The van der Waals surface area contributed by atoms with Crippen molar-refractivity contribution in [2.24, 2.45) is 5.92 Å². The van der Waals surface area contributed by atoms with Gasteiger partial charge < -0.3 is 10.1 Å². The van der Waals surface area contributed by atoms with Gasteiger partial charge in [0.2, 0.25) is 5.88 Å². The van der Waals surface area contributed by atoms with Crippen LogP contribution < -0.4 is 10.1 Å². The van der Waals surface area contributed by atoms with Crippen molar-refractivity contribution in [1.82, 2.24) is 4.98 Å². The van der Waals surface area contributed by atoms with Crippen LogP contribution in [0.4, 0.5) is 5.69 Å². The van der Waals surface area contributed by atoms with Crippen molar-refractivity contribution < 1.29 is 4.74 Å². The van der Waals surface area contributed by atoms with Gasteiger partial charge in [0, 0.05) is 12.2 Å². The van der Waals surface area contributed by atoms with Gasteiger partial charge >= 0.3 is 0 Å². The Morgan fingerprint density at radius 2 is 2.35 bits per heavy atom. The van der Waals surface area contributed by atoms with Crippen molar-refractivity contribution in [1.29, 1.82) is 0 Å². The molecule has 1 aliphatic rings. The van der Waals surface area contributed by atoms with Gasteiger partial charge in [0.15, 0.2) is 0 Å². The number of rotatable bonds is 4. The second-order valence-electron chi connectivity index (χ2n) is 4.84. The zero-order valence-electron chi connectivity index (χ0n) is 10.8. The summed E-state index contributed by atoms with van der Waals surface area (Å²) in [6, 6.07) is 4.57. The molecule has 2 unspecified atom stereocenters. The van der Waals surface area contributed by atoms with Crippen LogP contribution in [0, 0.1) is 5.92 Å². The van der Waals surface area contributed by atoms with Gasteiger partial charge in [-0.25, -0.2) is 4.98 Å². The van der Waals surface area contributed by atoms with Gasteiger partial charge in [0.05, 0.1) is 12.8 Å². The highest BCUT2D eigenvalue weighted by atomic mass is 16.5. The molecule has 1 fully saturated rings. The van der Waals surface area contributed by atoms with Crippen LogP contribution >= 0.6 is 0 Å². The molecule has 1 aliphatic carbocycles. The summed E-state index contributed by atoms with van der Waals surface area (Å²) in [6.45, 7) is 2.29. The highest BCUT2D eigenvalue weighted by molar-refractivity contribution is 5.52. The molecule has 0 spiro atoms. The average molecular weight is 234 g/mol. The number of hydrogen-bond acceptors (Lipinski definition) is 3. The van der Waals surface area contributed by atoms with Gasteiger partial charge in [0.1, 0.15) is 0 Å². The van der Waals surface area contributed by atoms with Crippen molar-refractivity contribution in [2.45, 2.75) is 45.1 Å². The van der Waals surface area contributed by atoms with Crippen LogP contribution in [0.3, 0.4) is 0 Å². The SMILES string of the molecule is CCC1CCCC(Nc2cccnc2OC)C1. The number of aromatic nitrogens is 1. The van der Waals surface area contributed by atoms with Crippen LogP contribution in [0.1, 0.15) is 39.0 Å². The highest BCUT2D eigenvalue weighted by Crippen LogP contribution is 2.30. The molecule has 17 heavy (non-hydrogen) atoms. The van der Waals surface area contributed by atoms with E-state index in [1.54, 1.807) is 13.3 Å². The Labute approximate surface area is 104 Å².